The average Bonchev–Trinajstić information content (AvgIpc) is 2.34. The largest absolute Gasteiger partial charge is 0.481 e. The number of ether oxygens (including phenoxy) is 1. The summed E-state index contributed by atoms with van der Waals surface area (Å²) in [5.41, 5.74) is 1.28. The topological polar surface area (TPSA) is 79.7 Å². The van der Waals surface area contributed by atoms with Gasteiger partial charge in [-0.05, 0) is 13.0 Å². The Kier molecular flexibility index (Phi) is 5.58. The SMILES string of the molecule is COc1ncc(C(O)C(O)CSC(C)=O)cc1C. The second-order valence-electron chi connectivity index (χ2n) is 3.91. The lowest BCUT2D eigenvalue weighted by molar-refractivity contribution is -0.109. The molecule has 0 aliphatic heterocycles. The molecule has 2 atom stereocenters. The number of aryl methyl sites for hydroxylation is 1. The summed E-state index contributed by atoms with van der Waals surface area (Å²) in [6.07, 6.45) is -0.611. The van der Waals surface area contributed by atoms with Gasteiger partial charge >= 0.3 is 0 Å². The Morgan fingerprint density at radius 3 is 2.72 bits per heavy atom. The molecule has 0 aliphatic carbocycles. The van der Waals surface area contributed by atoms with Crippen LogP contribution in [0.1, 0.15) is 24.2 Å². The van der Waals surface area contributed by atoms with E-state index >= 15 is 0 Å². The monoisotopic (exact) mass is 271 g/mol. The van der Waals surface area contributed by atoms with Crippen molar-refractivity contribution in [3.63, 3.8) is 0 Å². The van der Waals surface area contributed by atoms with Crippen LogP contribution < -0.4 is 4.74 Å². The number of carbonyl (C=O) groups is 1. The highest BCUT2D eigenvalue weighted by molar-refractivity contribution is 8.13. The number of rotatable bonds is 5. The molecule has 100 valence electrons. The Morgan fingerprint density at radius 2 is 2.22 bits per heavy atom. The number of hydrogen-bond acceptors (Lipinski definition) is 6. The Labute approximate surface area is 110 Å². The number of aliphatic hydroxyl groups is 2. The fraction of sp³-hybridized carbons (Fsp3) is 0.500. The average molecular weight is 271 g/mol. The Balaban J connectivity index is 2.74. The lowest BCUT2D eigenvalue weighted by atomic mass is 10.1. The summed E-state index contributed by atoms with van der Waals surface area (Å²) in [6, 6.07) is 1.71. The first-order valence-electron chi connectivity index (χ1n) is 5.45. The van der Waals surface area contributed by atoms with Crippen molar-refractivity contribution < 1.29 is 19.7 Å². The summed E-state index contributed by atoms with van der Waals surface area (Å²) in [4.78, 5) is 14.8. The summed E-state index contributed by atoms with van der Waals surface area (Å²) < 4.78 is 5.02. The molecule has 0 bridgehead atoms. The summed E-state index contributed by atoms with van der Waals surface area (Å²) in [5.74, 6) is 0.639. The summed E-state index contributed by atoms with van der Waals surface area (Å²) >= 11 is 0.980. The highest BCUT2D eigenvalue weighted by Crippen LogP contribution is 2.23. The van der Waals surface area contributed by atoms with E-state index in [0.717, 1.165) is 17.3 Å². The fourth-order valence-corrected chi connectivity index (χ4v) is 2.06. The Hall–Kier alpha value is -1.11. The van der Waals surface area contributed by atoms with E-state index < -0.39 is 12.2 Å². The minimum Gasteiger partial charge on any atom is -0.481 e. The van der Waals surface area contributed by atoms with Crippen LogP contribution in [-0.2, 0) is 4.79 Å². The van der Waals surface area contributed by atoms with Crippen LogP contribution >= 0.6 is 11.8 Å². The van der Waals surface area contributed by atoms with Crippen LogP contribution in [0.4, 0.5) is 0 Å². The van der Waals surface area contributed by atoms with Crippen molar-refractivity contribution in [1.29, 1.82) is 0 Å². The maximum atomic E-state index is 10.8. The number of aromatic nitrogens is 1. The molecule has 2 N–H and O–H groups in total. The molecule has 0 fully saturated rings. The van der Waals surface area contributed by atoms with E-state index in [-0.39, 0.29) is 10.9 Å². The number of nitrogens with zero attached hydrogens (tertiary/aromatic N) is 1. The van der Waals surface area contributed by atoms with Gasteiger partial charge in [0.25, 0.3) is 0 Å². The third-order valence-electron chi connectivity index (χ3n) is 2.41. The van der Waals surface area contributed by atoms with Gasteiger partial charge in [-0.1, -0.05) is 11.8 Å². The second-order valence-corrected chi connectivity index (χ2v) is 5.11. The fourth-order valence-electron chi connectivity index (χ4n) is 1.48. The lowest BCUT2D eigenvalue weighted by Gasteiger charge is -2.17. The molecular weight excluding hydrogens is 254 g/mol. The molecule has 18 heavy (non-hydrogen) atoms. The van der Waals surface area contributed by atoms with Gasteiger partial charge < -0.3 is 14.9 Å². The first-order valence-corrected chi connectivity index (χ1v) is 6.44. The van der Waals surface area contributed by atoms with Crippen molar-refractivity contribution in [3.8, 4) is 5.88 Å². The lowest BCUT2D eigenvalue weighted by Crippen LogP contribution is -2.21. The first kappa shape index (κ1) is 14.9. The number of carbonyl (C=O) groups excluding carboxylic acids is 1. The van der Waals surface area contributed by atoms with Gasteiger partial charge in [-0.2, -0.15) is 0 Å². The highest BCUT2D eigenvalue weighted by Gasteiger charge is 2.20. The van der Waals surface area contributed by atoms with Crippen LogP contribution in [0.15, 0.2) is 12.3 Å². The quantitative estimate of drug-likeness (QED) is 0.834. The maximum absolute atomic E-state index is 10.8. The Bertz CT molecular complexity index is 425. The molecule has 5 nitrogen and oxygen atoms in total. The van der Waals surface area contributed by atoms with Crippen LogP contribution in [0.5, 0.6) is 5.88 Å². The number of hydrogen-bond donors (Lipinski definition) is 2. The van der Waals surface area contributed by atoms with E-state index in [2.05, 4.69) is 4.98 Å². The van der Waals surface area contributed by atoms with Crippen molar-refractivity contribution in [3.05, 3.63) is 23.4 Å². The molecule has 2 unspecified atom stereocenters. The standard InChI is InChI=1S/C12H17NO4S/c1-7-4-9(5-13-12(7)17-3)11(16)10(15)6-18-8(2)14/h4-5,10-11,15-16H,6H2,1-3H3. The number of thioether (sulfide) groups is 1. The molecule has 1 aromatic heterocycles. The zero-order chi connectivity index (χ0) is 13.7. The molecule has 0 radical (unpaired) electrons. The highest BCUT2D eigenvalue weighted by atomic mass is 32.2. The van der Waals surface area contributed by atoms with Gasteiger partial charge in [0.1, 0.15) is 6.10 Å². The molecule has 1 rings (SSSR count). The van der Waals surface area contributed by atoms with E-state index in [0.29, 0.717) is 11.4 Å². The Morgan fingerprint density at radius 1 is 1.56 bits per heavy atom. The second kappa shape index (κ2) is 6.72. The smallest absolute Gasteiger partial charge is 0.215 e. The van der Waals surface area contributed by atoms with E-state index in [1.165, 1.54) is 20.2 Å². The van der Waals surface area contributed by atoms with Crippen molar-refractivity contribution in [2.75, 3.05) is 12.9 Å². The van der Waals surface area contributed by atoms with Gasteiger partial charge in [-0.3, -0.25) is 4.79 Å². The summed E-state index contributed by atoms with van der Waals surface area (Å²) in [5, 5.41) is 19.6. The minimum atomic E-state index is -1.06. The van der Waals surface area contributed by atoms with Gasteiger partial charge in [0.2, 0.25) is 5.88 Å². The molecule has 0 aromatic carbocycles. The van der Waals surface area contributed by atoms with Crippen LogP contribution in [-0.4, -0.2) is 39.3 Å². The van der Waals surface area contributed by atoms with E-state index in [1.54, 1.807) is 13.0 Å². The number of methoxy groups -OCH3 is 1. The van der Waals surface area contributed by atoms with Gasteiger partial charge in [-0.15, -0.1) is 0 Å². The first-order chi connectivity index (χ1) is 8.45. The van der Waals surface area contributed by atoms with Crippen molar-refractivity contribution in [2.24, 2.45) is 0 Å². The molecule has 0 saturated heterocycles. The molecule has 0 aliphatic rings. The summed E-state index contributed by atoms with van der Waals surface area (Å²) in [7, 11) is 1.52. The van der Waals surface area contributed by atoms with Gasteiger partial charge in [0, 0.05) is 30.0 Å². The molecule has 0 amide bonds. The molecule has 1 heterocycles. The van der Waals surface area contributed by atoms with Crippen LogP contribution in [0.3, 0.4) is 0 Å². The molecular formula is C12H17NO4S. The normalized spacial score (nSPS) is 14.1. The maximum Gasteiger partial charge on any atom is 0.215 e. The van der Waals surface area contributed by atoms with Crippen molar-refractivity contribution in [2.45, 2.75) is 26.1 Å². The van der Waals surface area contributed by atoms with Crippen molar-refractivity contribution in [1.82, 2.24) is 4.98 Å². The van der Waals surface area contributed by atoms with E-state index in [9.17, 15) is 15.0 Å². The zero-order valence-corrected chi connectivity index (χ0v) is 11.4. The predicted octanol–water partition coefficient (Wildman–Crippen LogP) is 1.07. The number of pyridine rings is 1. The van der Waals surface area contributed by atoms with Gasteiger partial charge in [0.15, 0.2) is 5.12 Å². The molecule has 0 spiro atoms. The summed E-state index contributed by atoms with van der Waals surface area (Å²) in [6.45, 7) is 3.22. The van der Waals surface area contributed by atoms with Crippen LogP contribution in [0.25, 0.3) is 0 Å². The van der Waals surface area contributed by atoms with E-state index in [4.69, 9.17) is 4.74 Å². The predicted molar refractivity (Wildman–Crippen MR) is 69.6 cm³/mol. The third-order valence-corrected chi connectivity index (χ3v) is 3.32. The van der Waals surface area contributed by atoms with Crippen molar-refractivity contribution >= 4 is 16.9 Å². The van der Waals surface area contributed by atoms with Crippen LogP contribution in [0, 0.1) is 6.92 Å². The third kappa shape index (κ3) is 3.97. The van der Waals surface area contributed by atoms with Crippen LogP contribution in [0.2, 0.25) is 0 Å². The van der Waals surface area contributed by atoms with E-state index in [1.807, 2.05) is 0 Å². The van der Waals surface area contributed by atoms with Gasteiger partial charge in [0.05, 0.1) is 13.2 Å². The number of aliphatic hydroxyl groups excluding tert-OH is 2. The van der Waals surface area contributed by atoms with Gasteiger partial charge in [-0.25, -0.2) is 4.98 Å². The molecule has 0 saturated carbocycles. The minimum absolute atomic E-state index is 0.0923. The zero-order valence-electron chi connectivity index (χ0n) is 10.6. The molecule has 1 aromatic rings. The molecule has 6 heteroatoms.